The molecule has 0 saturated heterocycles. The average molecular weight is 411 g/mol. The van der Waals surface area contributed by atoms with Gasteiger partial charge in [0.25, 0.3) is 5.91 Å². The Labute approximate surface area is 172 Å². The van der Waals surface area contributed by atoms with E-state index >= 15 is 0 Å². The van der Waals surface area contributed by atoms with Crippen molar-refractivity contribution in [2.75, 3.05) is 11.9 Å². The van der Waals surface area contributed by atoms with Gasteiger partial charge in [-0.3, -0.25) is 14.9 Å². The van der Waals surface area contributed by atoms with E-state index in [1.165, 1.54) is 6.92 Å². The number of aromatic amines is 1. The molecule has 0 saturated carbocycles. The first kappa shape index (κ1) is 20.5. The number of esters is 1. The van der Waals surface area contributed by atoms with Gasteiger partial charge in [0.2, 0.25) is 0 Å². The third-order valence-corrected chi connectivity index (χ3v) is 5.43. The molecule has 0 bridgehead atoms. The van der Waals surface area contributed by atoms with Crippen molar-refractivity contribution in [2.24, 2.45) is 0 Å². The Hall–Kier alpha value is -3.26. The zero-order valence-corrected chi connectivity index (χ0v) is 17.4. The summed E-state index contributed by atoms with van der Waals surface area (Å²) >= 11 is 1.12. The maximum absolute atomic E-state index is 12.8. The molecule has 7 nitrogen and oxygen atoms in total. The Bertz CT molecular complexity index is 1080. The quantitative estimate of drug-likeness (QED) is 0.463. The van der Waals surface area contributed by atoms with Gasteiger partial charge in [0.15, 0.2) is 10.9 Å². The third kappa shape index (κ3) is 4.12. The molecule has 3 rings (SSSR count). The van der Waals surface area contributed by atoms with Gasteiger partial charge < -0.3 is 9.72 Å². The summed E-state index contributed by atoms with van der Waals surface area (Å²) in [7, 11) is 0. The zero-order valence-electron chi connectivity index (χ0n) is 16.6. The van der Waals surface area contributed by atoms with Crippen LogP contribution in [0.4, 0.5) is 5.13 Å². The van der Waals surface area contributed by atoms with Gasteiger partial charge >= 0.3 is 5.97 Å². The van der Waals surface area contributed by atoms with E-state index in [1.54, 1.807) is 20.8 Å². The summed E-state index contributed by atoms with van der Waals surface area (Å²) in [6.07, 6.45) is 0. The van der Waals surface area contributed by atoms with Crippen molar-refractivity contribution < 1.29 is 19.1 Å². The molecule has 0 fully saturated rings. The second-order valence-corrected chi connectivity index (χ2v) is 7.42. The summed E-state index contributed by atoms with van der Waals surface area (Å²) < 4.78 is 5.06. The van der Waals surface area contributed by atoms with Crippen LogP contribution in [0.3, 0.4) is 0 Å². The first-order valence-corrected chi connectivity index (χ1v) is 9.89. The number of amides is 1. The Morgan fingerprint density at radius 2 is 1.86 bits per heavy atom. The van der Waals surface area contributed by atoms with Crippen molar-refractivity contribution in [2.45, 2.75) is 27.7 Å². The molecule has 2 heterocycles. The molecule has 0 unspecified atom stereocenters. The van der Waals surface area contributed by atoms with E-state index in [9.17, 15) is 14.4 Å². The van der Waals surface area contributed by atoms with E-state index in [-0.39, 0.29) is 18.1 Å². The summed E-state index contributed by atoms with van der Waals surface area (Å²) in [5.74, 6) is -1.04. The fourth-order valence-corrected chi connectivity index (χ4v) is 3.93. The van der Waals surface area contributed by atoms with E-state index < -0.39 is 11.9 Å². The Morgan fingerprint density at radius 3 is 2.48 bits per heavy atom. The largest absolute Gasteiger partial charge is 0.462 e. The van der Waals surface area contributed by atoms with Crippen LogP contribution in [0.5, 0.6) is 0 Å². The molecule has 1 amide bonds. The van der Waals surface area contributed by atoms with E-state index in [1.807, 2.05) is 30.3 Å². The number of aromatic nitrogens is 2. The monoisotopic (exact) mass is 411 g/mol. The number of hydrogen-bond acceptors (Lipinski definition) is 6. The molecule has 0 aliphatic heterocycles. The van der Waals surface area contributed by atoms with Crippen molar-refractivity contribution in [3.63, 3.8) is 0 Å². The third-order valence-electron chi connectivity index (χ3n) is 4.36. The molecule has 1 aromatic carbocycles. The fraction of sp³-hybridized carbons (Fsp3) is 0.238. The molecule has 3 aromatic rings. The molecule has 0 aliphatic rings. The summed E-state index contributed by atoms with van der Waals surface area (Å²) in [5.41, 5.74) is 3.00. The standard InChI is InChI=1S/C21H21N3O4S/c1-5-28-20(27)15-11(2)16(22-12(15)3)19(26)24-21-23-17(18(29-21)13(4)25)14-9-7-6-8-10-14/h6-10,22H,5H2,1-4H3,(H,23,24,26). The Kier molecular flexibility index (Phi) is 5.93. The molecule has 0 atom stereocenters. The number of nitrogens with one attached hydrogen (secondary N) is 2. The maximum atomic E-state index is 12.8. The van der Waals surface area contributed by atoms with Crippen LogP contribution in [0.15, 0.2) is 30.3 Å². The van der Waals surface area contributed by atoms with Crippen LogP contribution in [-0.2, 0) is 4.74 Å². The molecular weight excluding hydrogens is 390 g/mol. The summed E-state index contributed by atoms with van der Waals surface area (Å²) in [6, 6.07) is 9.32. The van der Waals surface area contributed by atoms with Gasteiger partial charge in [-0.15, -0.1) is 0 Å². The number of carbonyl (C=O) groups is 3. The molecule has 2 N–H and O–H groups in total. The highest BCUT2D eigenvalue weighted by Gasteiger charge is 2.24. The second-order valence-electron chi connectivity index (χ2n) is 6.42. The number of Topliss-reactive ketones (excluding diaryl/α,β-unsaturated/α-hetero) is 1. The molecule has 0 aliphatic carbocycles. The van der Waals surface area contributed by atoms with E-state index in [4.69, 9.17) is 4.74 Å². The number of thiazole rings is 1. The van der Waals surface area contributed by atoms with Gasteiger partial charge in [0, 0.05) is 18.2 Å². The smallest absolute Gasteiger partial charge is 0.340 e. The lowest BCUT2D eigenvalue weighted by atomic mass is 10.1. The molecule has 0 spiro atoms. The van der Waals surface area contributed by atoms with Gasteiger partial charge in [0.1, 0.15) is 5.69 Å². The topological polar surface area (TPSA) is 101 Å². The van der Waals surface area contributed by atoms with Crippen LogP contribution in [0.25, 0.3) is 11.3 Å². The number of ether oxygens (including phenoxy) is 1. The van der Waals surface area contributed by atoms with Crippen LogP contribution in [0.2, 0.25) is 0 Å². The van der Waals surface area contributed by atoms with Crippen molar-refractivity contribution in [1.82, 2.24) is 9.97 Å². The number of carbonyl (C=O) groups excluding carboxylic acids is 3. The number of anilines is 1. The normalized spacial score (nSPS) is 10.6. The van der Waals surface area contributed by atoms with Gasteiger partial charge in [-0.05, 0) is 26.3 Å². The number of ketones is 1. The number of H-pyrrole nitrogens is 1. The van der Waals surface area contributed by atoms with Crippen LogP contribution in [0.1, 0.15) is 55.6 Å². The lowest BCUT2D eigenvalue weighted by molar-refractivity contribution is 0.0525. The summed E-state index contributed by atoms with van der Waals surface area (Å²) in [6.45, 7) is 6.83. The highest BCUT2D eigenvalue weighted by atomic mass is 32.1. The minimum Gasteiger partial charge on any atom is -0.462 e. The summed E-state index contributed by atoms with van der Waals surface area (Å²) in [5, 5.41) is 3.04. The van der Waals surface area contributed by atoms with Crippen molar-refractivity contribution >= 4 is 34.1 Å². The highest BCUT2D eigenvalue weighted by Crippen LogP contribution is 2.32. The first-order valence-electron chi connectivity index (χ1n) is 9.08. The number of rotatable bonds is 6. The van der Waals surface area contributed by atoms with E-state index in [2.05, 4.69) is 15.3 Å². The average Bonchev–Trinajstić information content (AvgIpc) is 3.23. The molecular formula is C21H21N3O4S. The van der Waals surface area contributed by atoms with Gasteiger partial charge in [-0.25, -0.2) is 9.78 Å². The zero-order chi connectivity index (χ0) is 21.1. The SMILES string of the molecule is CCOC(=O)c1c(C)[nH]c(C(=O)Nc2nc(-c3ccccc3)c(C(C)=O)s2)c1C. The fourth-order valence-electron chi connectivity index (χ4n) is 3.05. The number of aryl methyl sites for hydroxylation is 1. The number of nitrogens with zero attached hydrogens (tertiary/aromatic N) is 1. The van der Waals surface area contributed by atoms with E-state index in [0.29, 0.717) is 32.5 Å². The minimum absolute atomic E-state index is 0.127. The van der Waals surface area contributed by atoms with Crippen molar-refractivity contribution in [1.29, 1.82) is 0 Å². The Balaban J connectivity index is 1.91. The second kappa shape index (κ2) is 8.40. The van der Waals surface area contributed by atoms with Crippen LogP contribution < -0.4 is 5.32 Å². The van der Waals surface area contributed by atoms with Gasteiger partial charge in [-0.1, -0.05) is 41.7 Å². The van der Waals surface area contributed by atoms with Crippen molar-refractivity contribution in [3.8, 4) is 11.3 Å². The lowest BCUT2D eigenvalue weighted by Crippen LogP contribution is -2.14. The first-order chi connectivity index (χ1) is 13.8. The van der Waals surface area contributed by atoms with Crippen LogP contribution >= 0.6 is 11.3 Å². The van der Waals surface area contributed by atoms with Gasteiger partial charge in [-0.2, -0.15) is 0 Å². The predicted octanol–water partition coefficient (Wildman–Crippen LogP) is 4.39. The van der Waals surface area contributed by atoms with E-state index in [0.717, 1.165) is 16.9 Å². The number of hydrogen-bond donors (Lipinski definition) is 2. The van der Waals surface area contributed by atoms with Gasteiger partial charge in [0.05, 0.1) is 22.7 Å². The van der Waals surface area contributed by atoms with Crippen molar-refractivity contribution in [3.05, 3.63) is 57.7 Å². The number of benzene rings is 1. The lowest BCUT2D eigenvalue weighted by Gasteiger charge is -2.03. The maximum Gasteiger partial charge on any atom is 0.340 e. The van der Waals surface area contributed by atoms with Crippen LogP contribution in [-0.4, -0.2) is 34.2 Å². The van der Waals surface area contributed by atoms with Crippen LogP contribution in [0, 0.1) is 13.8 Å². The molecule has 2 aromatic heterocycles. The minimum atomic E-state index is -0.475. The molecule has 150 valence electrons. The molecule has 8 heteroatoms. The highest BCUT2D eigenvalue weighted by molar-refractivity contribution is 7.18. The molecule has 29 heavy (non-hydrogen) atoms. The summed E-state index contributed by atoms with van der Waals surface area (Å²) in [4.78, 5) is 44.8. The molecule has 0 radical (unpaired) electrons. The Morgan fingerprint density at radius 1 is 1.17 bits per heavy atom. The predicted molar refractivity (Wildman–Crippen MR) is 112 cm³/mol.